The summed E-state index contributed by atoms with van der Waals surface area (Å²) in [5.41, 5.74) is 2.51. The van der Waals surface area contributed by atoms with Crippen molar-refractivity contribution < 1.29 is 22.7 Å². The van der Waals surface area contributed by atoms with Crippen LogP contribution in [0.5, 0.6) is 5.75 Å². The third kappa shape index (κ3) is 8.04. The van der Waals surface area contributed by atoms with Crippen LogP contribution in [0.15, 0.2) is 78.9 Å². The van der Waals surface area contributed by atoms with Crippen molar-refractivity contribution in [2.75, 3.05) is 28.7 Å². The second-order valence-corrected chi connectivity index (χ2v) is 9.90. The monoisotopic (exact) mass is 480 g/mol. The van der Waals surface area contributed by atoms with Crippen molar-refractivity contribution in [3.63, 3.8) is 0 Å². The highest BCUT2D eigenvalue weighted by Gasteiger charge is 2.17. The lowest BCUT2D eigenvalue weighted by atomic mass is 10.1. The Labute approximate surface area is 200 Å². The predicted molar refractivity (Wildman–Crippen MR) is 134 cm³/mol. The number of aryl methyl sites for hydroxylation is 1. The Morgan fingerprint density at radius 3 is 2.09 bits per heavy atom. The number of hydrogen-bond donors (Lipinski definition) is 2. The number of rotatable bonds is 11. The minimum atomic E-state index is -3.52. The summed E-state index contributed by atoms with van der Waals surface area (Å²) < 4.78 is 29.9. The minimum absolute atomic E-state index is 0.0556. The molecule has 0 atom stereocenters. The molecular formula is C26H28N2O5S. The van der Waals surface area contributed by atoms with E-state index >= 15 is 0 Å². The third-order valence-corrected chi connectivity index (χ3v) is 6.58. The minimum Gasteiger partial charge on any atom is -0.494 e. The Morgan fingerprint density at radius 1 is 0.824 bits per heavy atom. The van der Waals surface area contributed by atoms with E-state index in [1.807, 2.05) is 37.3 Å². The molecule has 0 bridgehead atoms. The highest BCUT2D eigenvalue weighted by molar-refractivity contribution is 7.92. The fourth-order valence-electron chi connectivity index (χ4n) is 3.32. The van der Waals surface area contributed by atoms with Gasteiger partial charge < -0.3 is 15.4 Å². The summed E-state index contributed by atoms with van der Waals surface area (Å²) in [6.45, 7) is 2.46. The van der Waals surface area contributed by atoms with E-state index in [0.29, 0.717) is 36.4 Å². The SMILES string of the molecule is CCOc1ccc(NC(=O)c2ccc(NC(=O)CS(=O)(=O)CCCc3ccccc3)cc2)cc1. The van der Waals surface area contributed by atoms with Crippen LogP contribution >= 0.6 is 0 Å². The third-order valence-electron chi connectivity index (χ3n) is 4.97. The number of sulfone groups is 1. The number of amides is 2. The van der Waals surface area contributed by atoms with Gasteiger partial charge in [-0.25, -0.2) is 8.42 Å². The van der Waals surface area contributed by atoms with Crippen molar-refractivity contribution >= 4 is 33.0 Å². The molecular weight excluding hydrogens is 452 g/mol. The zero-order valence-corrected chi connectivity index (χ0v) is 19.8. The molecule has 0 aliphatic carbocycles. The first-order valence-corrected chi connectivity index (χ1v) is 12.9. The average Bonchev–Trinajstić information content (AvgIpc) is 2.81. The van der Waals surface area contributed by atoms with E-state index in [-0.39, 0.29) is 11.7 Å². The van der Waals surface area contributed by atoms with Gasteiger partial charge in [0.1, 0.15) is 11.5 Å². The topological polar surface area (TPSA) is 102 Å². The maximum atomic E-state index is 12.4. The molecule has 2 N–H and O–H groups in total. The van der Waals surface area contributed by atoms with Gasteiger partial charge in [-0.2, -0.15) is 0 Å². The van der Waals surface area contributed by atoms with Crippen LogP contribution in [0.4, 0.5) is 11.4 Å². The molecule has 178 valence electrons. The quantitative estimate of drug-likeness (QED) is 0.426. The van der Waals surface area contributed by atoms with E-state index in [4.69, 9.17) is 4.74 Å². The van der Waals surface area contributed by atoms with Crippen LogP contribution in [0.2, 0.25) is 0 Å². The van der Waals surface area contributed by atoms with Gasteiger partial charge in [0.25, 0.3) is 5.91 Å². The van der Waals surface area contributed by atoms with Gasteiger partial charge in [0.2, 0.25) is 5.91 Å². The molecule has 34 heavy (non-hydrogen) atoms. The molecule has 0 aliphatic rings. The van der Waals surface area contributed by atoms with E-state index in [0.717, 1.165) is 11.3 Å². The molecule has 3 aromatic rings. The van der Waals surface area contributed by atoms with Gasteiger partial charge in [0.05, 0.1) is 12.4 Å². The van der Waals surface area contributed by atoms with Crippen molar-refractivity contribution in [2.45, 2.75) is 19.8 Å². The Kier molecular flexibility index (Phi) is 8.81. The lowest BCUT2D eigenvalue weighted by molar-refractivity contribution is -0.113. The van der Waals surface area contributed by atoms with Crippen molar-refractivity contribution in [1.82, 2.24) is 0 Å². The standard InChI is InChI=1S/C26H28N2O5S/c1-2-33-24-16-14-23(15-17-24)28-26(30)21-10-12-22(13-11-21)27-25(29)19-34(31,32)18-6-9-20-7-4-3-5-8-20/h3-5,7-8,10-17H,2,6,9,18-19H2,1H3,(H,27,29)(H,28,30). The summed E-state index contributed by atoms with van der Waals surface area (Å²) in [7, 11) is -3.52. The van der Waals surface area contributed by atoms with Crippen LogP contribution in [0.1, 0.15) is 29.3 Å². The van der Waals surface area contributed by atoms with E-state index < -0.39 is 21.5 Å². The second kappa shape index (κ2) is 12.0. The predicted octanol–water partition coefficient (Wildman–Crippen LogP) is 4.32. The van der Waals surface area contributed by atoms with E-state index in [1.54, 1.807) is 48.5 Å². The summed E-state index contributed by atoms with van der Waals surface area (Å²) in [5.74, 6) is -0.824. The molecule has 0 aliphatic heterocycles. The Bertz CT molecular complexity index is 1190. The highest BCUT2D eigenvalue weighted by Crippen LogP contribution is 2.17. The van der Waals surface area contributed by atoms with Gasteiger partial charge >= 0.3 is 0 Å². The summed E-state index contributed by atoms with van der Waals surface area (Å²) in [5, 5.41) is 5.37. The van der Waals surface area contributed by atoms with Gasteiger partial charge in [-0.1, -0.05) is 30.3 Å². The molecule has 0 radical (unpaired) electrons. The summed E-state index contributed by atoms with van der Waals surface area (Å²) in [4.78, 5) is 24.7. The zero-order chi connectivity index (χ0) is 24.4. The molecule has 0 spiro atoms. The Balaban J connectivity index is 1.47. The molecule has 3 aromatic carbocycles. The molecule has 0 saturated carbocycles. The summed E-state index contributed by atoms with van der Waals surface area (Å²) in [6.07, 6.45) is 1.10. The largest absolute Gasteiger partial charge is 0.494 e. The average molecular weight is 481 g/mol. The number of carbonyl (C=O) groups excluding carboxylic acids is 2. The van der Waals surface area contributed by atoms with Crippen molar-refractivity contribution in [2.24, 2.45) is 0 Å². The number of anilines is 2. The first-order valence-electron chi connectivity index (χ1n) is 11.0. The van der Waals surface area contributed by atoms with Crippen LogP contribution in [-0.4, -0.2) is 38.3 Å². The molecule has 0 fully saturated rings. The van der Waals surface area contributed by atoms with Crippen LogP contribution in [-0.2, 0) is 21.1 Å². The van der Waals surface area contributed by atoms with Crippen molar-refractivity contribution in [1.29, 1.82) is 0 Å². The number of benzene rings is 3. The first kappa shape index (κ1) is 25.0. The number of nitrogens with one attached hydrogen (secondary N) is 2. The van der Waals surface area contributed by atoms with Crippen LogP contribution in [0, 0.1) is 0 Å². The lowest BCUT2D eigenvalue weighted by Gasteiger charge is -2.09. The molecule has 2 amide bonds. The van der Waals surface area contributed by atoms with Gasteiger partial charge in [-0.3, -0.25) is 9.59 Å². The molecule has 3 rings (SSSR count). The van der Waals surface area contributed by atoms with Gasteiger partial charge in [-0.15, -0.1) is 0 Å². The van der Waals surface area contributed by atoms with E-state index in [2.05, 4.69) is 10.6 Å². The smallest absolute Gasteiger partial charge is 0.255 e. The van der Waals surface area contributed by atoms with Gasteiger partial charge in [-0.05, 0) is 73.9 Å². The van der Waals surface area contributed by atoms with Crippen molar-refractivity contribution in [3.05, 3.63) is 90.0 Å². The number of ether oxygens (including phenoxy) is 1. The maximum absolute atomic E-state index is 12.4. The molecule has 0 saturated heterocycles. The Morgan fingerprint density at radius 2 is 1.44 bits per heavy atom. The highest BCUT2D eigenvalue weighted by atomic mass is 32.2. The zero-order valence-electron chi connectivity index (χ0n) is 19.0. The Hall–Kier alpha value is -3.65. The second-order valence-electron chi connectivity index (χ2n) is 7.72. The van der Waals surface area contributed by atoms with Gasteiger partial charge in [0, 0.05) is 16.9 Å². The van der Waals surface area contributed by atoms with Gasteiger partial charge in [0.15, 0.2) is 9.84 Å². The summed E-state index contributed by atoms with van der Waals surface area (Å²) in [6, 6.07) is 22.9. The number of carbonyl (C=O) groups is 2. The van der Waals surface area contributed by atoms with Crippen LogP contribution in [0.25, 0.3) is 0 Å². The van der Waals surface area contributed by atoms with Crippen LogP contribution in [0.3, 0.4) is 0 Å². The molecule has 0 unspecified atom stereocenters. The number of hydrogen-bond acceptors (Lipinski definition) is 5. The molecule has 0 heterocycles. The fraction of sp³-hybridized carbons (Fsp3) is 0.231. The molecule has 8 heteroatoms. The van der Waals surface area contributed by atoms with E-state index in [1.165, 1.54) is 0 Å². The summed E-state index contributed by atoms with van der Waals surface area (Å²) >= 11 is 0. The fourth-order valence-corrected chi connectivity index (χ4v) is 4.52. The maximum Gasteiger partial charge on any atom is 0.255 e. The van der Waals surface area contributed by atoms with Crippen LogP contribution < -0.4 is 15.4 Å². The first-order chi connectivity index (χ1) is 16.3. The van der Waals surface area contributed by atoms with Crippen molar-refractivity contribution in [3.8, 4) is 5.75 Å². The normalized spacial score (nSPS) is 11.0. The molecule has 0 aromatic heterocycles. The van der Waals surface area contributed by atoms with E-state index in [9.17, 15) is 18.0 Å². The lowest BCUT2D eigenvalue weighted by Crippen LogP contribution is -2.25. The molecule has 7 nitrogen and oxygen atoms in total.